The Balaban J connectivity index is 1.12. The van der Waals surface area contributed by atoms with Crippen LogP contribution in [-0.2, 0) is 6.42 Å². The molecule has 0 saturated carbocycles. The highest BCUT2D eigenvalue weighted by Gasteiger charge is 2.16. The predicted molar refractivity (Wildman–Crippen MR) is 195 cm³/mol. The summed E-state index contributed by atoms with van der Waals surface area (Å²) in [4.78, 5) is 15.1. The third kappa shape index (κ3) is 4.57. The van der Waals surface area contributed by atoms with Crippen molar-refractivity contribution < 1.29 is 0 Å². The number of aromatic nitrogens is 4. The first kappa shape index (κ1) is 27.2. The lowest BCUT2D eigenvalue weighted by Gasteiger charge is -2.13. The summed E-state index contributed by atoms with van der Waals surface area (Å²) >= 11 is 0. The summed E-state index contributed by atoms with van der Waals surface area (Å²) in [6.45, 7) is 2.17. The molecule has 222 valence electrons. The van der Waals surface area contributed by atoms with Crippen LogP contribution in [0.15, 0.2) is 152 Å². The number of hydrogen-bond donors (Lipinski definition) is 0. The molecule has 0 atom stereocenters. The minimum absolute atomic E-state index is 0.734. The molecule has 47 heavy (non-hydrogen) atoms. The molecule has 0 aliphatic rings. The number of hydrogen-bond acceptors (Lipinski definition) is 3. The van der Waals surface area contributed by atoms with Gasteiger partial charge >= 0.3 is 0 Å². The molecule has 0 bridgehead atoms. The van der Waals surface area contributed by atoms with Crippen molar-refractivity contribution in [2.75, 3.05) is 0 Å². The highest BCUT2D eigenvalue weighted by Crippen LogP contribution is 2.36. The van der Waals surface area contributed by atoms with Crippen LogP contribution in [0.1, 0.15) is 12.7 Å². The molecule has 7 aromatic carbocycles. The standard InChI is InChI=1S/C43H30N4/c1-2-40-45-42-35-15-7-6-11-29(35)22-26-39(42)47(40)33-23-19-28(20-24-33)31-21-25-34-32(27-31)14-10-17-36(34)41-37-16-8-9-18-38(37)44-43(46-41)30-12-4-3-5-13-30/h3-27H,2H2,1H3. The van der Waals surface area contributed by atoms with Crippen LogP contribution in [0, 0.1) is 0 Å². The smallest absolute Gasteiger partial charge is 0.160 e. The van der Waals surface area contributed by atoms with Crippen molar-refractivity contribution in [2.45, 2.75) is 13.3 Å². The van der Waals surface area contributed by atoms with Crippen molar-refractivity contribution in [1.29, 1.82) is 0 Å². The van der Waals surface area contributed by atoms with Gasteiger partial charge in [-0.15, -0.1) is 0 Å². The van der Waals surface area contributed by atoms with Crippen LogP contribution in [0.4, 0.5) is 0 Å². The van der Waals surface area contributed by atoms with Gasteiger partial charge < -0.3 is 0 Å². The summed E-state index contributed by atoms with van der Waals surface area (Å²) < 4.78 is 2.30. The maximum absolute atomic E-state index is 5.14. The zero-order valence-electron chi connectivity index (χ0n) is 25.9. The van der Waals surface area contributed by atoms with E-state index in [-0.39, 0.29) is 0 Å². The van der Waals surface area contributed by atoms with Crippen LogP contribution < -0.4 is 0 Å². The first-order valence-electron chi connectivity index (χ1n) is 16.1. The number of imidazole rings is 1. The van der Waals surface area contributed by atoms with Crippen molar-refractivity contribution in [3.8, 4) is 39.5 Å². The Morgan fingerprint density at radius 3 is 2.11 bits per heavy atom. The SMILES string of the molecule is CCc1nc2c3ccccc3ccc2n1-c1ccc(-c2ccc3c(-c4nc(-c5ccccc5)nc5ccccc45)cccc3c2)cc1. The minimum atomic E-state index is 0.734. The zero-order valence-corrected chi connectivity index (χ0v) is 25.9. The monoisotopic (exact) mass is 602 g/mol. The van der Waals surface area contributed by atoms with Gasteiger partial charge in [0.25, 0.3) is 0 Å². The molecular weight excluding hydrogens is 573 g/mol. The van der Waals surface area contributed by atoms with E-state index in [1.807, 2.05) is 24.3 Å². The van der Waals surface area contributed by atoms with Gasteiger partial charge in [0.1, 0.15) is 5.82 Å². The molecule has 0 aliphatic carbocycles. The Bertz CT molecular complexity index is 2600. The Labute approximate surface area is 272 Å². The van der Waals surface area contributed by atoms with Crippen LogP contribution >= 0.6 is 0 Å². The molecular formula is C43H30N4. The molecule has 0 radical (unpaired) electrons. The van der Waals surface area contributed by atoms with Gasteiger partial charge in [0.2, 0.25) is 0 Å². The summed E-state index contributed by atoms with van der Waals surface area (Å²) in [5, 5.41) is 5.79. The van der Waals surface area contributed by atoms with Gasteiger partial charge in [-0.25, -0.2) is 15.0 Å². The number of benzene rings is 7. The highest BCUT2D eigenvalue weighted by atomic mass is 15.1. The molecule has 2 heterocycles. The average molecular weight is 603 g/mol. The molecule has 0 saturated heterocycles. The lowest BCUT2D eigenvalue weighted by atomic mass is 9.95. The van der Waals surface area contributed by atoms with Gasteiger partial charge in [-0.1, -0.05) is 128 Å². The van der Waals surface area contributed by atoms with E-state index in [2.05, 4.69) is 139 Å². The van der Waals surface area contributed by atoms with E-state index in [4.69, 9.17) is 15.0 Å². The number of nitrogens with zero attached hydrogens (tertiary/aromatic N) is 4. The lowest BCUT2D eigenvalue weighted by molar-refractivity contribution is 0.908. The molecule has 2 aromatic heterocycles. The summed E-state index contributed by atoms with van der Waals surface area (Å²) in [7, 11) is 0. The zero-order chi connectivity index (χ0) is 31.3. The van der Waals surface area contributed by atoms with E-state index in [0.29, 0.717) is 0 Å². The molecule has 4 heteroatoms. The Kier molecular flexibility index (Phi) is 6.39. The van der Waals surface area contributed by atoms with E-state index in [1.165, 1.54) is 32.7 Å². The largest absolute Gasteiger partial charge is 0.296 e. The number of aryl methyl sites for hydroxylation is 1. The first-order chi connectivity index (χ1) is 23.2. The Morgan fingerprint density at radius 2 is 1.26 bits per heavy atom. The van der Waals surface area contributed by atoms with Crippen LogP contribution in [0.3, 0.4) is 0 Å². The number of rotatable bonds is 5. The topological polar surface area (TPSA) is 43.6 Å². The second-order valence-electron chi connectivity index (χ2n) is 11.9. The normalized spacial score (nSPS) is 11.6. The van der Waals surface area contributed by atoms with Crippen LogP contribution in [0.25, 0.3) is 82.9 Å². The van der Waals surface area contributed by atoms with E-state index in [0.717, 1.165) is 62.5 Å². The van der Waals surface area contributed by atoms with Crippen LogP contribution in [0.5, 0.6) is 0 Å². The van der Waals surface area contributed by atoms with Crippen molar-refractivity contribution in [1.82, 2.24) is 19.5 Å². The highest BCUT2D eigenvalue weighted by molar-refractivity contribution is 6.06. The van der Waals surface area contributed by atoms with Gasteiger partial charge in [-0.05, 0) is 57.6 Å². The van der Waals surface area contributed by atoms with Gasteiger partial charge in [0.05, 0.1) is 22.2 Å². The third-order valence-corrected chi connectivity index (χ3v) is 9.16. The Hall–Kier alpha value is -6.13. The van der Waals surface area contributed by atoms with Gasteiger partial charge in [-0.2, -0.15) is 0 Å². The maximum atomic E-state index is 5.14. The van der Waals surface area contributed by atoms with Crippen molar-refractivity contribution in [2.24, 2.45) is 0 Å². The fraction of sp³-hybridized carbons (Fsp3) is 0.0465. The van der Waals surface area contributed by atoms with Crippen LogP contribution in [-0.4, -0.2) is 19.5 Å². The molecule has 9 aromatic rings. The van der Waals surface area contributed by atoms with Crippen LogP contribution in [0.2, 0.25) is 0 Å². The maximum Gasteiger partial charge on any atom is 0.160 e. The second kappa shape index (κ2) is 11.0. The minimum Gasteiger partial charge on any atom is -0.296 e. The van der Waals surface area contributed by atoms with E-state index in [1.54, 1.807) is 0 Å². The predicted octanol–water partition coefficient (Wildman–Crippen LogP) is 10.8. The van der Waals surface area contributed by atoms with Gasteiger partial charge in [-0.3, -0.25) is 4.57 Å². The Morgan fingerprint density at radius 1 is 0.511 bits per heavy atom. The summed E-state index contributed by atoms with van der Waals surface area (Å²) in [6, 6.07) is 53.4. The molecule has 0 spiro atoms. The average Bonchev–Trinajstić information content (AvgIpc) is 3.54. The summed E-state index contributed by atoms with van der Waals surface area (Å²) in [6.07, 6.45) is 0.853. The lowest BCUT2D eigenvalue weighted by Crippen LogP contribution is -1.99. The summed E-state index contributed by atoms with van der Waals surface area (Å²) in [5.41, 5.74) is 9.67. The molecule has 9 rings (SSSR count). The number of para-hydroxylation sites is 1. The molecule has 4 nitrogen and oxygen atoms in total. The third-order valence-electron chi connectivity index (χ3n) is 9.16. The molecule has 0 N–H and O–H groups in total. The van der Waals surface area contributed by atoms with Crippen molar-refractivity contribution in [3.63, 3.8) is 0 Å². The molecule has 0 amide bonds. The van der Waals surface area contributed by atoms with E-state index >= 15 is 0 Å². The fourth-order valence-electron chi connectivity index (χ4n) is 6.86. The van der Waals surface area contributed by atoms with Gasteiger partial charge in [0, 0.05) is 34.0 Å². The fourth-order valence-corrected chi connectivity index (χ4v) is 6.86. The van der Waals surface area contributed by atoms with Crippen molar-refractivity contribution >= 4 is 43.5 Å². The molecule has 0 aliphatic heterocycles. The van der Waals surface area contributed by atoms with Gasteiger partial charge in [0.15, 0.2) is 5.82 Å². The molecule has 0 unspecified atom stereocenters. The van der Waals surface area contributed by atoms with E-state index < -0.39 is 0 Å². The van der Waals surface area contributed by atoms with E-state index in [9.17, 15) is 0 Å². The molecule has 0 fully saturated rings. The summed E-state index contributed by atoms with van der Waals surface area (Å²) in [5.74, 6) is 1.80. The quantitative estimate of drug-likeness (QED) is 0.197. The first-order valence-corrected chi connectivity index (χ1v) is 16.1. The number of fused-ring (bicyclic) bond motifs is 5. The van der Waals surface area contributed by atoms with Crippen molar-refractivity contribution in [3.05, 3.63) is 157 Å². The second-order valence-corrected chi connectivity index (χ2v) is 11.9.